The Hall–Kier alpha value is -1.80. The van der Waals surface area contributed by atoms with E-state index in [-0.39, 0.29) is 12.4 Å². The van der Waals surface area contributed by atoms with Gasteiger partial charge in [-0.05, 0) is 77.0 Å². The number of methoxy groups -OCH3 is 1. The Balaban J connectivity index is 1.74. The zero-order valence-electron chi connectivity index (χ0n) is 15.6. The van der Waals surface area contributed by atoms with Crippen LogP contribution in [0.4, 0.5) is 10.1 Å². The first-order valence-electron chi connectivity index (χ1n) is 8.70. The quantitative estimate of drug-likeness (QED) is 0.329. The molecule has 0 saturated carbocycles. The third kappa shape index (κ3) is 5.17. The lowest BCUT2D eigenvalue weighted by molar-refractivity contribution is 0.277. The molecule has 0 radical (unpaired) electrons. The molecule has 6 heteroatoms. The van der Waals surface area contributed by atoms with Crippen LogP contribution >= 0.6 is 38.5 Å². The molecule has 0 aliphatic rings. The number of benzene rings is 3. The molecule has 0 fully saturated rings. The molecule has 3 rings (SSSR count). The number of hydrogen-bond acceptors (Lipinski definition) is 3. The van der Waals surface area contributed by atoms with E-state index < -0.39 is 0 Å². The maximum Gasteiger partial charge on any atom is 0.174 e. The van der Waals surface area contributed by atoms with Crippen LogP contribution in [-0.2, 0) is 13.2 Å². The summed E-state index contributed by atoms with van der Waals surface area (Å²) in [6.07, 6.45) is 0. The van der Waals surface area contributed by atoms with Crippen molar-refractivity contribution in [3.63, 3.8) is 0 Å². The monoisotopic (exact) mass is 555 g/mol. The van der Waals surface area contributed by atoms with Gasteiger partial charge in [0.05, 0.1) is 10.7 Å². The Morgan fingerprint density at radius 1 is 1.11 bits per heavy atom. The zero-order chi connectivity index (χ0) is 20.1. The molecule has 0 bridgehead atoms. The van der Waals surface area contributed by atoms with Crippen molar-refractivity contribution in [2.24, 2.45) is 0 Å². The lowest BCUT2D eigenvalue weighted by atomic mass is 10.1. The summed E-state index contributed by atoms with van der Waals surface area (Å²) in [5, 5.41) is 3.45. The molecule has 0 aliphatic carbocycles. The summed E-state index contributed by atoms with van der Waals surface area (Å²) < 4.78 is 27.2. The Kier molecular flexibility index (Phi) is 7.18. The third-order valence-corrected chi connectivity index (χ3v) is 5.59. The van der Waals surface area contributed by atoms with E-state index in [1.165, 1.54) is 11.6 Å². The Labute approximate surface area is 186 Å². The van der Waals surface area contributed by atoms with E-state index in [1.807, 2.05) is 24.3 Å². The second-order valence-corrected chi connectivity index (χ2v) is 8.38. The van der Waals surface area contributed by atoms with Crippen molar-refractivity contribution in [3.8, 4) is 11.5 Å². The second kappa shape index (κ2) is 9.60. The van der Waals surface area contributed by atoms with Gasteiger partial charge in [-0.1, -0.05) is 34.1 Å². The number of ether oxygens (including phenoxy) is 2. The molecule has 1 N–H and O–H groups in total. The number of nitrogens with one attached hydrogen (secondary N) is 1. The fourth-order valence-electron chi connectivity index (χ4n) is 2.80. The van der Waals surface area contributed by atoms with E-state index in [1.54, 1.807) is 25.3 Å². The number of halogens is 3. The first-order valence-corrected chi connectivity index (χ1v) is 10.6. The molecule has 146 valence electrons. The molecule has 0 aliphatic heterocycles. The van der Waals surface area contributed by atoms with Crippen molar-refractivity contribution >= 4 is 44.2 Å². The summed E-state index contributed by atoms with van der Waals surface area (Å²) in [4.78, 5) is 0. The van der Waals surface area contributed by atoms with Crippen molar-refractivity contribution in [1.29, 1.82) is 0 Å². The molecule has 3 aromatic rings. The molecule has 0 heterocycles. The average molecular weight is 556 g/mol. The average Bonchev–Trinajstić information content (AvgIpc) is 2.67. The molecule has 0 atom stereocenters. The fraction of sp³-hybridized carbons (Fsp3) is 0.182. The molecule has 0 amide bonds. The van der Waals surface area contributed by atoms with Gasteiger partial charge in [-0.3, -0.25) is 0 Å². The minimum atomic E-state index is -0.276. The molecule has 28 heavy (non-hydrogen) atoms. The van der Waals surface area contributed by atoms with Gasteiger partial charge in [0.1, 0.15) is 12.4 Å². The van der Waals surface area contributed by atoms with Crippen molar-refractivity contribution in [1.82, 2.24) is 0 Å². The van der Waals surface area contributed by atoms with Gasteiger partial charge in [0.15, 0.2) is 11.5 Å². The number of hydrogen-bond donors (Lipinski definition) is 1. The van der Waals surface area contributed by atoms with Crippen LogP contribution in [0.2, 0.25) is 0 Å². The lowest BCUT2D eigenvalue weighted by Crippen LogP contribution is -2.05. The minimum Gasteiger partial charge on any atom is -0.493 e. The lowest BCUT2D eigenvalue weighted by Gasteiger charge is -2.16. The first kappa shape index (κ1) is 20.9. The maximum atomic E-state index is 13.8. The van der Waals surface area contributed by atoms with Crippen LogP contribution in [0.15, 0.2) is 59.1 Å². The highest BCUT2D eigenvalue weighted by molar-refractivity contribution is 14.1. The van der Waals surface area contributed by atoms with Gasteiger partial charge < -0.3 is 14.8 Å². The Morgan fingerprint density at radius 3 is 2.61 bits per heavy atom. The highest BCUT2D eigenvalue weighted by atomic mass is 127. The molecule has 0 aromatic heterocycles. The highest BCUT2D eigenvalue weighted by Crippen LogP contribution is 2.35. The van der Waals surface area contributed by atoms with Crippen LogP contribution in [0.3, 0.4) is 0 Å². The molecule has 3 nitrogen and oxygen atoms in total. The summed E-state index contributed by atoms with van der Waals surface area (Å²) in [7, 11) is 1.61. The summed E-state index contributed by atoms with van der Waals surface area (Å²) in [6.45, 7) is 2.87. The van der Waals surface area contributed by atoms with E-state index in [0.29, 0.717) is 23.6 Å². The van der Waals surface area contributed by atoms with Crippen LogP contribution in [0.1, 0.15) is 16.7 Å². The largest absolute Gasteiger partial charge is 0.493 e. The molecular formula is C22H20BrFINO2. The Bertz CT molecular complexity index is 981. The third-order valence-electron chi connectivity index (χ3n) is 4.29. The van der Waals surface area contributed by atoms with E-state index in [9.17, 15) is 4.39 Å². The van der Waals surface area contributed by atoms with Crippen LogP contribution in [0.5, 0.6) is 11.5 Å². The smallest absolute Gasteiger partial charge is 0.174 e. The molecule has 3 aromatic carbocycles. The normalized spacial score (nSPS) is 10.6. The summed E-state index contributed by atoms with van der Waals surface area (Å²) in [5.41, 5.74) is 3.83. The van der Waals surface area contributed by atoms with Gasteiger partial charge in [-0.25, -0.2) is 4.39 Å². The van der Waals surface area contributed by atoms with E-state index in [0.717, 1.165) is 19.3 Å². The van der Waals surface area contributed by atoms with Gasteiger partial charge in [0.25, 0.3) is 0 Å². The van der Waals surface area contributed by atoms with E-state index in [2.05, 4.69) is 56.8 Å². The van der Waals surface area contributed by atoms with Crippen LogP contribution in [0, 0.1) is 16.3 Å². The van der Waals surface area contributed by atoms with Crippen molar-refractivity contribution in [3.05, 3.63) is 85.1 Å². The summed E-state index contributed by atoms with van der Waals surface area (Å²) >= 11 is 5.70. The van der Waals surface area contributed by atoms with Crippen LogP contribution < -0.4 is 14.8 Å². The molecule has 0 unspecified atom stereocenters. The van der Waals surface area contributed by atoms with E-state index >= 15 is 0 Å². The SMILES string of the molecule is COc1cc(CNc2ccc(Br)cc2C)cc(I)c1OCc1ccccc1F. The van der Waals surface area contributed by atoms with Gasteiger partial charge in [0.2, 0.25) is 0 Å². The Morgan fingerprint density at radius 2 is 1.89 bits per heavy atom. The van der Waals surface area contributed by atoms with Crippen LogP contribution in [0.25, 0.3) is 0 Å². The first-order chi connectivity index (χ1) is 13.5. The van der Waals surface area contributed by atoms with E-state index in [4.69, 9.17) is 9.47 Å². The highest BCUT2D eigenvalue weighted by Gasteiger charge is 2.13. The van der Waals surface area contributed by atoms with Crippen molar-refractivity contribution in [2.45, 2.75) is 20.1 Å². The van der Waals surface area contributed by atoms with Gasteiger partial charge in [-0.2, -0.15) is 0 Å². The van der Waals surface area contributed by atoms with Crippen molar-refractivity contribution < 1.29 is 13.9 Å². The molecule has 0 saturated heterocycles. The molecular weight excluding hydrogens is 536 g/mol. The predicted molar refractivity (Wildman–Crippen MR) is 123 cm³/mol. The van der Waals surface area contributed by atoms with Crippen LogP contribution in [-0.4, -0.2) is 7.11 Å². The predicted octanol–water partition coefficient (Wildman–Crippen LogP) is 6.70. The minimum absolute atomic E-state index is 0.148. The van der Waals surface area contributed by atoms with Crippen molar-refractivity contribution in [2.75, 3.05) is 12.4 Å². The fourth-order valence-corrected chi connectivity index (χ4v) is 4.10. The number of rotatable bonds is 7. The maximum absolute atomic E-state index is 13.8. The zero-order valence-corrected chi connectivity index (χ0v) is 19.3. The number of anilines is 1. The van der Waals surface area contributed by atoms with Gasteiger partial charge >= 0.3 is 0 Å². The summed E-state index contributed by atoms with van der Waals surface area (Å²) in [6, 6.07) is 16.7. The number of aryl methyl sites for hydroxylation is 1. The second-order valence-electron chi connectivity index (χ2n) is 6.30. The standard InChI is InChI=1S/C22H20BrFINO2/c1-14-9-17(23)7-8-20(14)26-12-15-10-19(25)22(21(11-15)27-2)28-13-16-5-3-4-6-18(16)24/h3-11,26H,12-13H2,1-2H3. The van der Waals surface area contributed by atoms with Gasteiger partial charge in [-0.15, -0.1) is 0 Å². The summed E-state index contributed by atoms with van der Waals surface area (Å²) in [5.74, 6) is 0.977. The molecule has 0 spiro atoms. The van der Waals surface area contributed by atoms with Gasteiger partial charge in [0, 0.05) is 22.3 Å². The topological polar surface area (TPSA) is 30.5 Å².